The van der Waals surface area contributed by atoms with Gasteiger partial charge in [-0.25, -0.2) is 8.42 Å². The minimum absolute atomic E-state index is 0.0208. The predicted molar refractivity (Wildman–Crippen MR) is 114 cm³/mol. The summed E-state index contributed by atoms with van der Waals surface area (Å²) in [6, 6.07) is 13.3. The van der Waals surface area contributed by atoms with Gasteiger partial charge in [-0.15, -0.1) is 0 Å². The van der Waals surface area contributed by atoms with E-state index in [1.54, 1.807) is 25.1 Å². The third-order valence-corrected chi connectivity index (χ3v) is 6.11. The first-order valence-corrected chi connectivity index (χ1v) is 11.3. The molecule has 0 aliphatic rings. The number of hydrogen-bond donors (Lipinski definition) is 2. The SMILES string of the molecule is CCC[C@@H](C)NC(=O)[C@H](Cc1ccccc1)NS(=O)(=O)c1cc(C)ccc1OC. The van der Waals surface area contributed by atoms with Crippen molar-refractivity contribution in [1.29, 1.82) is 0 Å². The zero-order valence-corrected chi connectivity index (χ0v) is 18.3. The lowest BCUT2D eigenvalue weighted by Crippen LogP contribution is -2.50. The van der Waals surface area contributed by atoms with Gasteiger partial charge < -0.3 is 10.1 Å². The molecule has 158 valence electrons. The Labute approximate surface area is 173 Å². The maximum absolute atomic E-state index is 13.1. The third kappa shape index (κ3) is 6.58. The summed E-state index contributed by atoms with van der Waals surface area (Å²) in [5.41, 5.74) is 1.65. The monoisotopic (exact) mass is 418 g/mol. The topological polar surface area (TPSA) is 84.5 Å². The smallest absolute Gasteiger partial charge is 0.244 e. The van der Waals surface area contributed by atoms with Crippen molar-refractivity contribution >= 4 is 15.9 Å². The van der Waals surface area contributed by atoms with Gasteiger partial charge in [0.2, 0.25) is 15.9 Å². The van der Waals surface area contributed by atoms with Crippen molar-refractivity contribution < 1.29 is 17.9 Å². The Balaban J connectivity index is 2.32. The lowest BCUT2D eigenvalue weighted by molar-refractivity contribution is -0.123. The lowest BCUT2D eigenvalue weighted by Gasteiger charge is -2.22. The van der Waals surface area contributed by atoms with Crippen LogP contribution in [0.3, 0.4) is 0 Å². The molecule has 2 N–H and O–H groups in total. The summed E-state index contributed by atoms with van der Waals surface area (Å²) in [4.78, 5) is 12.9. The molecule has 0 radical (unpaired) electrons. The van der Waals surface area contributed by atoms with E-state index >= 15 is 0 Å². The van der Waals surface area contributed by atoms with Crippen LogP contribution in [0.1, 0.15) is 37.8 Å². The molecule has 0 bridgehead atoms. The highest BCUT2D eigenvalue weighted by Gasteiger charge is 2.28. The van der Waals surface area contributed by atoms with E-state index in [0.717, 1.165) is 24.0 Å². The van der Waals surface area contributed by atoms with E-state index in [-0.39, 0.29) is 29.0 Å². The van der Waals surface area contributed by atoms with Crippen molar-refractivity contribution in [3.05, 3.63) is 59.7 Å². The molecular formula is C22H30N2O4S. The van der Waals surface area contributed by atoms with Crippen LogP contribution in [0, 0.1) is 6.92 Å². The van der Waals surface area contributed by atoms with Crippen molar-refractivity contribution in [2.75, 3.05) is 7.11 Å². The number of methoxy groups -OCH3 is 1. The molecule has 0 saturated heterocycles. The summed E-state index contributed by atoms with van der Waals surface area (Å²) in [7, 11) is -2.55. The van der Waals surface area contributed by atoms with Crippen LogP contribution in [0.25, 0.3) is 0 Å². The first kappa shape index (κ1) is 22.9. The van der Waals surface area contributed by atoms with E-state index in [1.165, 1.54) is 7.11 Å². The average molecular weight is 419 g/mol. The van der Waals surface area contributed by atoms with Gasteiger partial charge in [0.25, 0.3) is 0 Å². The molecule has 29 heavy (non-hydrogen) atoms. The maximum atomic E-state index is 13.1. The molecule has 2 aromatic carbocycles. The van der Waals surface area contributed by atoms with E-state index in [0.29, 0.717) is 0 Å². The van der Waals surface area contributed by atoms with Crippen LogP contribution in [-0.4, -0.2) is 33.5 Å². The number of sulfonamides is 1. The van der Waals surface area contributed by atoms with Crippen LogP contribution < -0.4 is 14.8 Å². The number of carbonyl (C=O) groups is 1. The second kappa shape index (κ2) is 10.4. The first-order chi connectivity index (χ1) is 13.8. The summed E-state index contributed by atoms with van der Waals surface area (Å²) in [6.45, 7) is 5.76. The van der Waals surface area contributed by atoms with Crippen LogP contribution in [0.5, 0.6) is 5.75 Å². The Bertz CT molecular complexity index is 914. The highest BCUT2D eigenvalue weighted by Crippen LogP contribution is 2.25. The van der Waals surface area contributed by atoms with Crippen molar-refractivity contribution in [3.63, 3.8) is 0 Å². The molecule has 0 aliphatic carbocycles. The van der Waals surface area contributed by atoms with Crippen LogP contribution in [0.2, 0.25) is 0 Å². The normalized spacial score (nSPS) is 13.5. The van der Waals surface area contributed by atoms with Crippen LogP contribution in [0.4, 0.5) is 0 Å². The highest BCUT2D eigenvalue weighted by molar-refractivity contribution is 7.89. The number of benzene rings is 2. The molecule has 2 rings (SSSR count). The molecule has 6 nitrogen and oxygen atoms in total. The standard InChI is InChI=1S/C22H30N2O4S/c1-5-9-17(3)23-22(25)19(15-18-10-7-6-8-11-18)24-29(26,27)21-14-16(2)12-13-20(21)28-4/h6-8,10-14,17,19,24H,5,9,15H2,1-4H3,(H,23,25)/t17-,19+/m1/s1. The van der Waals surface area contributed by atoms with Crippen molar-refractivity contribution in [3.8, 4) is 5.75 Å². The fourth-order valence-electron chi connectivity index (χ4n) is 3.13. The van der Waals surface area contributed by atoms with Crippen LogP contribution >= 0.6 is 0 Å². The molecule has 0 spiro atoms. The zero-order valence-electron chi connectivity index (χ0n) is 17.4. The quantitative estimate of drug-likeness (QED) is 0.621. The average Bonchev–Trinajstić information content (AvgIpc) is 2.68. The molecule has 2 aromatic rings. The van der Waals surface area contributed by atoms with Gasteiger partial charge in [-0.2, -0.15) is 4.72 Å². The Kier molecular flexibility index (Phi) is 8.22. The molecule has 1 amide bonds. The third-order valence-electron chi connectivity index (χ3n) is 4.62. The molecule has 0 unspecified atom stereocenters. The minimum Gasteiger partial charge on any atom is -0.495 e. The van der Waals surface area contributed by atoms with Crippen LogP contribution in [0.15, 0.2) is 53.4 Å². The Morgan fingerprint density at radius 3 is 2.45 bits per heavy atom. The fraction of sp³-hybridized carbons (Fsp3) is 0.409. The minimum atomic E-state index is -3.97. The predicted octanol–water partition coefficient (Wildman–Crippen LogP) is 3.20. The summed E-state index contributed by atoms with van der Waals surface area (Å²) in [5, 5.41) is 2.92. The second-order valence-corrected chi connectivity index (χ2v) is 8.90. The number of carbonyl (C=O) groups excluding carboxylic acids is 1. The van der Waals surface area contributed by atoms with Crippen LogP contribution in [-0.2, 0) is 21.2 Å². The van der Waals surface area contributed by atoms with Crippen molar-refractivity contribution in [2.45, 2.75) is 57.0 Å². The Morgan fingerprint density at radius 1 is 1.14 bits per heavy atom. The van der Waals surface area contributed by atoms with Gasteiger partial charge in [0, 0.05) is 6.04 Å². The molecular weight excluding hydrogens is 388 g/mol. The number of hydrogen-bond acceptors (Lipinski definition) is 4. The highest BCUT2D eigenvalue weighted by atomic mass is 32.2. The molecule has 0 fully saturated rings. The second-order valence-electron chi connectivity index (χ2n) is 7.22. The van der Waals surface area contributed by atoms with Gasteiger partial charge in [-0.3, -0.25) is 4.79 Å². The van der Waals surface area contributed by atoms with E-state index in [2.05, 4.69) is 10.0 Å². The number of nitrogens with one attached hydrogen (secondary N) is 2. The van der Waals surface area contributed by atoms with Gasteiger partial charge in [0.15, 0.2) is 0 Å². The Morgan fingerprint density at radius 2 is 1.83 bits per heavy atom. The van der Waals surface area contributed by atoms with Gasteiger partial charge >= 0.3 is 0 Å². The number of aryl methyl sites for hydroxylation is 1. The van der Waals surface area contributed by atoms with Crippen molar-refractivity contribution in [1.82, 2.24) is 10.0 Å². The van der Waals surface area contributed by atoms with E-state index in [4.69, 9.17) is 4.74 Å². The summed E-state index contributed by atoms with van der Waals surface area (Å²) in [5.74, 6) is -0.105. The molecule has 0 heterocycles. The summed E-state index contributed by atoms with van der Waals surface area (Å²) in [6.07, 6.45) is 2.00. The summed E-state index contributed by atoms with van der Waals surface area (Å²) >= 11 is 0. The largest absolute Gasteiger partial charge is 0.495 e. The fourth-order valence-corrected chi connectivity index (χ4v) is 4.58. The van der Waals surface area contributed by atoms with E-state index in [9.17, 15) is 13.2 Å². The molecule has 0 aliphatic heterocycles. The molecule has 0 saturated carbocycles. The number of rotatable bonds is 10. The van der Waals surface area contributed by atoms with Gasteiger partial charge in [-0.05, 0) is 49.9 Å². The van der Waals surface area contributed by atoms with E-state index < -0.39 is 16.1 Å². The summed E-state index contributed by atoms with van der Waals surface area (Å²) < 4.78 is 34.0. The molecule has 2 atom stereocenters. The molecule has 7 heteroatoms. The van der Waals surface area contributed by atoms with Gasteiger partial charge in [0.1, 0.15) is 16.7 Å². The van der Waals surface area contributed by atoms with Gasteiger partial charge in [0.05, 0.1) is 7.11 Å². The first-order valence-electron chi connectivity index (χ1n) is 9.78. The molecule has 0 aromatic heterocycles. The van der Waals surface area contributed by atoms with Crippen molar-refractivity contribution in [2.24, 2.45) is 0 Å². The van der Waals surface area contributed by atoms with Gasteiger partial charge in [-0.1, -0.05) is 49.7 Å². The lowest BCUT2D eigenvalue weighted by atomic mass is 10.1. The Hall–Kier alpha value is -2.38. The zero-order chi connectivity index (χ0) is 21.4. The number of amides is 1. The number of ether oxygens (including phenoxy) is 1. The maximum Gasteiger partial charge on any atom is 0.244 e. The van der Waals surface area contributed by atoms with E-state index in [1.807, 2.05) is 44.2 Å².